The highest BCUT2D eigenvalue weighted by Gasteiger charge is 2.70. The van der Waals surface area contributed by atoms with E-state index >= 15 is 0 Å². The van der Waals surface area contributed by atoms with E-state index in [4.69, 9.17) is 28.1 Å². The smallest absolute Gasteiger partial charge is 0.335 e. The predicted octanol–water partition coefficient (Wildman–Crippen LogP) is -0.648. The number of ether oxygens (including phenoxy) is 5. The van der Waals surface area contributed by atoms with Crippen LogP contribution in [0.3, 0.4) is 0 Å². The molecule has 302 valence electrons. The van der Waals surface area contributed by atoms with Gasteiger partial charge in [-0.05, 0) is 67.4 Å². The fourth-order valence-corrected chi connectivity index (χ4v) is 11.1. The van der Waals surface area contributed by atoms with Crippen LogP contribution in [0.15, 0.2) is 39.3 Å². The van der Waals surface area contributed by atoms with Crippen molar-refractivity contribution in [1.29, 1.82) is 0 Å². The maximum absolute atomic E-state index is 12.8. The van der Waals surface area contributed by atoms with Crippen molar-refractivity contribution in [2.75, 3.05) is 13.2 Å². The molecule has 3 saturated carbocycles. The van der Waals surface area contributed by atoms with E-state index in [-0.39, 0.29) is 29.6 Å². The second-order valence-electron chi connectivity index (χ2n) is 16.7. The van der Waals surface area contributed by atoms with Gasteiger partial charge in [0.2, 0.25) is 0 Å². The molecule has 5 fully saturated rings. The highest BCUT2D eigenvalue weighted by atomic mass is 16.7. The van der Waals surface area contributed by atoms with Crippen LogP contribution in [0.5, 0.6) is 0 Å². The third-order valence-electron chi connectivity index (χ3n) is 13.9. The predicted molar refractivity (Wildman–Crippen MR) is 183 cm³/mol. The van der Waals surface area contributed by atoms with Crippen molar-refractivity contribution in [3.05, 3.63) is 46.0 Å². The number of aliphatic hydroxyl groups is 8. The molecule has 1 aromatic rings. The first-order chi connectivity index (χ1) is 25.6. The Morgan fingerprint density at radius 3 is 2.20 bits per heavy atom. The summed E-state index contributed by atoms with van der Waals surface area (Å²) in [7, 11) is 0. The van der Waals surface area contributed by atoms with Crippen molar-refractivity contribution >= 4 is 5.97 Å². The number of aliphatic hydroxyl groups excluding tert-OH is 7. The second-order valence-corrected chi connectivity index (χ2v) is 16.7. The minimum Gasteiger partial charge on any atom is -0.462 e. The van der Waals surface area contributed by atoms with Gasteiger partial charge >= 0.3 is 11.6 Å². The molecule has 8 N–H and O–H groups in total. The zero-order valence-corrected chi connectivity index (χ0v) is 30.7. The second kappa shape index (κ2) is 14.9. The van der Waals surface area contributed by atoms with Crippen molar-refractivity contribution in [3.63, 3.8) is 0 Å². The lowest BCUT2D eigenvalue weighted by Gasteiger charge is -2.61. The van der Waals surface area contributed by atoms with Crippen LogP contribution in [0.4, 0.5) is 0 Å². The van der Waals surface area contributed by atoms with E-state index in [1.54, 1.807) is 6.07 Å². The van der Waals surface area contributed by atoms with Crippen molar-refractivity contribution in [1.82, 2.24) is 0 Å². The van der Waals surface area contributed by atoms with E-state index in [1.165, 1.54) is 19.3 Å². The Kier molecular flexibility index (Phi) is 11.0. The number of allylic oxidation sites excluding steroid dienone is 1. The van der Waals surface area contributed by atoms with Gasteiger partial charge in [-0.15, -0.1) is 0 Å². The van der Waals surface area contributed by atoms with Crippen LogP contribution in [-0.2, 0) is 28.5 Å². The minimum atomic E-state index is -1.77. The van der Waals surface area contributed by atoms with Gasteiger partial charge in [0.15, 0.2) is 12.6 Å². The van der Waals surface area contributed by atoms with Gasteiger partial charge in [-0.2, -0.15) is 0 Å². The van der Waals surface area contributed by atoms with Crippen LogP contribution in [0.2, 0.25) is 0 Å². The number of esters is 1. The average Bonchev–Trinajstić information content (AvgIpc) is 3.37. The number of carbonyl (C=O) groups is 1. The van der Waals surface area contributed by atoms with Crippen LogP contribution in [0.25, 0.3) is 0 Å². The van der Waals surface area contributed by atoms with E-state index in [2.05, 4.69) is 13.8 Å². The minimum absolute atomic E-state index is 0.0979. The molecule has 0 bridgehead atoms. The van der Waals surface area contributed by atoms with Crippen molar-refractivity contribution < 1.29 is 73.7 Å². The molecule has 18 atom stereocenters. The SMILES string of the molecule is CC(=O)O[C@H]1C[C@]2(O)[C@@H]3CCC4=C[C@@H](O[C@@H]5O[C@H](CO)[C@@H](O[C@@H]6O[C@H](CO)[C@@H](O)[C@H](O)[C@H]6O)[C@H](O)[C@H]5O)CC[C@]4(C)[C@H]3CC[C@]2(C)[C@H]1c1ccc(=O)oc1. The standard InChI is InChI=1S/C38H54O16/c1-17(41)50-23-13-38(48)22-6-5-19-12-20(8-10-36(19,2)21(22)9-11-37(38,3)27(23)18-4-7-26(42)49-16-18)51-34-32(47)30(45)33(25(15-40)53-34)54-35-31(46)29(44)28(43)24(14-39)52-35/h4,7,12,16,20-25,27-35,39-40,43-48H,5-6,8-11,13-15H2,1-3H3/t20-,21-,22+,23-,24+,25+,27-,28+,29-,30+,31+,32+,33+,34+,35-,36-,37+,38-/m0/s1. The molecule has 2 aliphatic heterocycles. The lowest BCUT2D eigenvalue weighted by atomic mass is 9.45. The highest BCUT2D eigenvalue weighted by Crippen LogP contribution is 2.70. The number of carbonyl (C=O) groups excluding carboxylic acids is 1. The lowest BCUT2D eigenvalue weighted by molar-refractivity contribution is -0.361. The Labute approximate surface area is 312 Å². The Bertz CT molecular complexity index is 1590. The molecule has 2 saturated heterocycles. The molecular formula is C38H54O16. The van der Waals surface area contributed by atoms with Gasteiger partial charge in [0.1, 0.15) is 54.9 Å². The molecule has 16 nitrogen and oxygen atoms in total. The van der Waals surface area contributed by atoms with Crippen LogP contribution in [0.1, 0.15) is 77.2 Å². The molecule has 0 unspecified atom stereocenters. The largest absolute Gasteiger partial charge is 0.462 e. The summed E-state index contributed by atoms with van der Waals surface area (Å²) in [6.45, 7) is 4.28. The topological polar surface area (TPSA) is 255 Å². The maximum Gasteiger partial charge on any atom is 0.335 e. The molecule has 3 heterocycles. The first kappa shape index (κ1) is 39.9. The molecule has 54 heavy (non-hydrogen) atoms. The monoisotopic (exact) mass is 766 g/mol. The quantitative estimate of drug-likeness (QED) is 0.121. The number of rotatable bonds is 8. The van der Waals surface area contributed by atoms with Crippen LogP contribution >= 0.6 is 0 Å². The van der Waals surface area contributed by atoms with Gasteiger partial charge < -0.3 is 69.0 Å². The van der Waals surface area contributed by atoms with E-state index < -0.39 is 109 Å². The normalized spacial score (nSPS) is 48.9. The zero-order valence-electron chi connectivity index (χ0n) is 30.7. The van der Waals surface area contributed by atoms with Crippen LogP contribution in [0, 0.1) is 22.7 Å². The fraction of sp³-hybridized carbons (Fsp3) is 0.789. The molecule has 0 amide bonds. The summed E-state index contributed by atoms with van der Waals surface area (Å²) in [6.07, 6.45) is -8.70. The van der Waals surface area contributed by atoms with E-state index in [9.17, 15) is 50.4 Å². The maximum atomic E-state index is 12.8. The van der Waals surface area contributed by atoms with E-state index in [0.717, 1.165) is 12.0 Å². The Morgan fingerprint density at radius 1 is 0.852 bits per heavy atom. The van der Waals surface area contributed by atoms with Crippen LogP contribution in [-0.4, -0.2) is 139 Å². The molecule has 6 aliphatic rings. The van der Waals surface area contributed by atoms with E-state index in [1.807, 2.05) is 6.08 Å². The number of hydrogen-bond acceptors (Lipinski definition) is 16. The lowest BCUT2D eigenvalue weighted by Crippen LogP contribution is -2.65. The molecule has 1 aromatic heterocycles. The molecule has 0 spiro atoms. The summed E-state index contributed by atoms with van der Waals surface area (Å²) in [5, 5.41) is 85.4. The van der Waals surface area contributed by atoms with Crippen LogP contribution < -0.4 is 5.63 Å². The summed E-state index contributed by atoms with van der Waals surface area (Å²) in [4.78, 5) is 24.1. The summed E-state index contributed by atoms with van der Waals surface area (Å²) in [5.74, 6) is -0.794. The first-order valence-corrected chi connectivity index (χ1v) is 19.0. The third kappa shape index (κ3) is 6.49. The number of hydrogen-bond donors (Lipinski definition) is 8. The highest BCUT2D eigenvalue weighted by molar-refractivity contribution is 5.66. The Morgan fingerprint density at radius 2 is 1.54 bits per heavy atom. The van der Waals surface area contributed by atoms with Gasteiger partial charge in [-0.3, -0.25) is 4.79 Å². The summed E-state index contributed by atoms with van der Waals surface area (Å²) in [5.41, 5.74) is -0.708. The van der Waals surface area contributed by atoms with Gasteiger partial charge in [-0.1, -0.05) is 25.5 Å². The molecule has 7 rings (SSSR count). The average molecular weight is 767 g/mol. The molecular weight excluding hydrogens is 712 g/mol. The van der Waals surface area contributed by atoms with Crippen molar-refractivity contribution in [3.8, 4) is 0 Å². The molecule has 0 aromatic carbocycles. The molecule has 4 aliphatic carbocycles. The fourth-order valence-electron chi connectivity index (χ4n) is 11.1. The Balaban J connectivity index is 1.06. The van der Waals surface area contributed by atoms with Gasteiger partial charge in [0.05, 0.1) is 31.2 Å². The molecule has 0 radical (unpaired) electrons. The van der Waals surface area contributed by atoms with Gasteiger partial charge in [-0.25, -0.2) is 4.79 Å². The molecule has 16 heteroatoms. The van der Waals surface area contributed by atoms with Crippen molar-refractivity contribution in [2.45, 2.75) is 151 Å². The van der Waals surface area contributed by atoms with Gasteiger partial charge in [0, 0.05) is 30.7 Å². The van der Waals surface area contributed by atoms with Gasteiger partial charge in [0.25, 0.3) is 0 Å². The van der Waals surface area contributed by atoms with E-state index in [0.29, 0.717) is 37.7 Å². The summed E-state index contributed by atoms with van der Waals surface area (Å²) < 4.78 is 34.3. The van der Waals surface area contributed by atoms with Crippen molar-refractivity contribution in [2.24, 2.45) is 22.7 Å². The summed E-state index contributed by atoms with van der Waals surface area (Å²) >= 11 is 0. The Hall–Kier alpha value is -2.32. The number of fused-ring (bicyclic) bond motifs is 5. The zero-order chi connectivity index (χ0) is 38.9. The third-order valence-corrected chi connectivity index (χ3v) is 13.9. The summed E-state index contributed by atoms with van der Waals surface area (Å²) in [6, 6.07) is 3.05. The first-order valence-electron chi connectivity index (χ1n) is 19.0.